The molecule has 0 unspecified atom stereocenters. The Morgan fingerprint density at radius 2 is 1.67 bits per heavy atom. The fraction of sp³-hybridized carbons (Fsp3) is 0.414. The number of aliphatic carboxylic acids is 1. The molecule has 0 atom stereocenters. The molecule has 3 aromatic rings. The van der Waals surface area contributed by atoms with Crippen molar-refractivity contribution in [2.24, 2.45) is 10.3 Å². The van der Waals surface area contributed by atoms with Crippen molar-refractivity contribution in [3.63, 3.8) is 0 Å². The third-order valence-corrected chi connectivity index (χ3v) is 10.0. The van der Waals surface area contributed by atoms with Crippen LogP contribution in [-0.4, -0.2) is 78.7 Å². The second-order valence-corrected chi connectivity index (χ2v) is 14.2. The van der Waals surface area contributed by atoms with Crippen LogP contribution in [0.2, 0.25) is 10.0 Å². The molecule has 0 radical (unpaired) electrons. The van der Waals surface area contributed by atoms with E-state index >= 15 is 0 Å². The van der Waals surface area contributed by atoms with E-state index in [4.69, 9.17) is 38.0 Å². The number of aromatic nitrogens is 3. The lowest BCUT2D eigenvalue weighted by Gasteiger charge is -2.31. The lowest BCUT2D eigenvalue weighted by Crippen LogP contribution is -2.41. The highest BCUT2D eigenvalue weighted by Crippen LogP contribution is 2.31. The van der Waals surface area contributed by atoms with Crippen molar-refractivity contribution in [3.05, 3.63) is 58.3 Å². The number of carboxylic acid groups (broad SMARTS) is 1. The molecule has 5 rings (SSSR count). The van der Waals surface area contributed by atoms with Crippen LogP contribution in [-0.2, 0) is 25.9 Å². The number of carboxylic acids is 1. The predicted octanol–water partition coefficient (Wildman–Crippen LogP) is 5.16. The summed E-state index contributed by atoms with van der Waals surface area (Å²) in [6.45, 7) is 4.42. The van der Waals surface area contributed by atoms with Gasteiger partial charge in [-0.15, -0.1) is 0 Å². The number of amides is 1. The molecule has 1 N–H and O–H groups in total. The summed E-state index contributed by atoms with van der Waals surface area (Å²) in [4.78, 5) is 40.2. The highest BCUT2D eigenvalue weighted by atomic mass is 35.5. The van der Waals surface area contributed by atoms with Crippen molar-refractivity contribution in [3.8, 4) is 22.9 Å². The van der Waals surface area contributed by atoms with E-state index in [1.807, 2.05) is 17.0 Å². The van der Waals surface area contributed by atoms with Gasteiger partial charge in [0.05, 0.1) is 27.8 Å². The van der Waals surface area contributed by atoms with E-state index in [9.17, 15) is 13.8 Å². The molecule has 1 aromatic carbocycles. The summed E-state index contributed by atoms with van der Waals surface area (Å²) < 4.78 is 22.6. The van der Waals surface area contributed by atoms with Crippen LogP contribution in [0, 0.1) is 5.92 Å². The van der Waals surface area contributed by atoms with E-state index in [0.29, 0.717) is 53.0 Å². The highest BCUT2D eigenvalue weighted by molar-refractivity contribution is 7.94. The Balaban J connectivity index is 1.32. The molecule has 2 aliphatic rings. The van der Waals surface area contributed by atoms with Gasteiger partial charge in [-0.25, -0.2) is 19.2 Å². The smallest absolute Gasteiger partial charge is 0.303 e. The van der Waals surface area contributed by atoms with Gasteiger partial charge in [-0.2, -0.15) is 4.36 Å². The van der Waals surface area contributed by atoms with Crippen LogP contribution in [0.25, 0.3) is 11.3 Å². The molecular formula is C29H32Cl2N6O5S. The molecule has 0 spiro atoms. The van der Waals surface area contributed by atoms with Crippen LogP contribution in [0.15, 0.2) is 47.1 Å². The van der Waals surface area contributed by atoms with Gasteiger partial charge < -0.3 is 14.7 Å². The predicted molar refractivity (Wildman–Crippen MR) is 165 cm³/mol. The minimum absolute atomic E-state index is 0.196. The van der Waals surface area contributed by atoms with Gasteiger partial charge >= 0.3 is 5.97 Å². The first-order chi connectivity index (χ1) is 20.5. The van der Waals surface area contributed by atoms with Gasteiger partial charge in [0.2, 0.25) is 11.8 Å². The van der Waals surface area contributed by atoms with Crippen molar-refractivity contribution in [1.29, 1.82) is 0 Å². The molecule has 0 bridgehead atoms. The van der Waals surface area contributed by atoms with Crippen LogP contribution >= 0.6 is 23.2 Å². The summed E-state index contributed by atoms with van der Waals surface area (Å²) in [6.07, 6.45) is 4.99. The lowest BCUT2D eigenvalue weighted by atomic mass is 9.93. The van der Waals surface area contributed by atoms with E-state index in [2.05, 4.69) is 19.2 Å². The van der Waals surface area contributed by atoms with Gasteiger partial charge in [-0.05, 0) is 61.7 Å². The van der Waals surface area contributed by atoms with Crippen molar-refractivity contribution in [2.45, 2.75) is 32.7 Å². The normalized spacial score (nSPS) is 17.4. The van der Waals surface area contributed by atoms with Gasteiger partial charge in [-0.1, -0.05) is 23.2 Å². The molecule has 14 heteroatoms. The zero-order valence-corrected chi connectivity index (χ0v) is 25.9. The molecule has 2 saturated heterocycles. The molecule has 2 aliphatic heterocycles. The van der Waals surface area contributed by atoms with E-state index in [1.165, 1.54) is 6.92 Å². The number of ether oxygens (including phenoxy) is 1. The van der Waals surface area contributed by atoms with Crippen molar-refractivity contribution < 1.29 is 23.6 Å². The molecule has 2 aromatic heterocycles. The van der Waals surface area contributed by atoms with E-state index in [1.54, 1.807) is 30.6 Å². The fourth-order valence-electron chi connectivity index (χ4n) is 5.30. The monoisotopic (exact) mass is 646 g/mol. The van der Waals surface area contributed by atoms with Gasteiger partial charge in [0.25, 0.3) is 5.91 Å². The summed E-state index contributed by atoms with van der Waals surface area (Å²) in [5, 5.41) is 10.1. The van der Waals surface area contributed by atoms with Crippen LogP contribution in [0.4, 0.5) is 5.95 Å². The highest BCUT2D eigenvalue weighted by Gasteiger charge is 2.24. The van der Waals surface area contributed by atoms with Crippen LogP contribution < -0.4 is 9.64 Å². The number of hydrogen-bond acceptors (Lipinski definition) is 9. The molecular weight excluding hydrogens is 615 g/mol. The minimum Gasteiger partial charge on any atom is -0.481 e. The first-order valence-electron chi connectivity index (χ1n) is 13.9. The standard InChI is InChI=1S/C29H32Cl2N6O5S/c1-19(38)35-43(41)8-6-37(7-9-43)29-32-16-25(17-33-29)42-27-11-21(18-36-4-2-20(3-5-36)12-28(39)40)10-26(34-27)22-13-23(30)15-24(31)14-22/h10-11,13-17,20H,2-9,12,18H2,1H3,(H,39,40). The average Bonchev–Trinajstić information content (AvgIpc) is 2.94. The number of nitrogens with zero attached hydrogens (tertiary/aromatic N) is 6. The van der Waals surface area contributed by atoms with E-state index in [-0.39, 0.29) is 23.8 Å². The second kappa shape index (κ2) is 13.5. The number of anilines is 1. The fourth-order valence-corrected chi connectivity index (χ4v) is 7.69. The Morgan fingerprint density at radius 1 is 1.02 bits per heavy atom. The lowest BCUT2D eigenvalue weighted by molar-refractivity contribution is -0.138. The molecule has 0 saturated carbocycles. The number of benzene rings is 1. The Morgan fingerprint density at radius 3 is 2.28 bits per heavy atom. The number of carbonyl (C=O) groups excluding carboxylic acids is 1. The molecule has 4 heterocycles. The van der Waals surface area contributed by atoms with E-state index in [0.717, 1.165) is 37.1 Å². The maximum absolute atomic E-state index is 12.7. The third-order valence-electron chi connectivity index (χ3n) is 7.37. The van der Waals surface area contributed by atoms with Crippen LogP contribution in [0.5, 0.6) is 11.6 Å². The van der Waals surface area contributed by atoms with Crippen molar-refractivity contribution in [2.75, 3.05) is 42.6 Å². The number of piperidine rings is 1. The Labute approximate surface area is 260 Å². The van der Waals surface area contributed by atoms with Crippen LogP contribution in [0.3, 0.4) is 0 Å². The summed E-state index contributed by atoms with van der Waals surface area (Å²) in [5.74, 6) is 0.793. The molecule has 228 valence electrons. The maximum Gasteiger partial charge on any atom is 0.303 e. The van der Waals surface area contributed by atoms with Gasteiger partial charge in [0, 0.05) is 66.2 Å². The number of rotatable bonds is 8. The Kier molecular flexibility index (Phi) is 9.80. The molecule has 43 heavy (non-hydrogen) atoms. The number of hydrogen-bond donors (Lipinski definition) is 1. The largest absolute Gasteiger partial charge is 0.481 e. The summed E-state index contributed by atoms with van der Waals surface area (Å²) in [5.41, 5.74) is 2.36. The van der Waals surface area contributed by atoms with Crippen molar-refractivity contribution >= 4 is 50.8 Å². The molecule has 11 nitrogen and oxygen atoms in total. The molecule has 1 amide bonds. The van der Waals surface area contributed by atoms with Crippen LogP contribution in [0.1, 0.15) is 31.7 Å². The van der Waals surface area contributed by atoms with Gasteiger partial charge in [0.15, 0.2) is 5.75 Å². The summed E-state index contributed by atoms with van der Waals surface area (Å²) >= 11 is 12.6. The summed E-state index contributed by atoms with van der Waals surface area (Å²) in [7, 11) is -2.53. The first kappa shape index (κ1) is 31.1. The minimum atomic E-state index is -2.53. The number of pyridine rings is 1. The quantitative estimate of drug-likeness (QED) is 0.349. The zero-order valence-electron chi connectivity index (χ0n) is 23.6. The van der Waals surface area contributed by atoms with E-state index < -0.39 is 21.6 Å². The summed E-state index contributed by atoms with van der Waals surface area (Å²) in [6, 6.07) is 9.09. The Bertz CT molecular complexity index is 1590. The number of carbonyl (C=O) groups is 2. The molecule has 2 fully saturated rings. The number of likely N-dealkylation sites (tertiary alicyclic amines) is 1. The Hall–Kier alpha value is -3.32. The van der Waals surface area contributed by atoms with Crippen molar-refractivity contribution in [1.82, 2.24) is 19.9 Å². The van der Waals surface area contributed by atoms with Gasteiger partial charge in [0.1, 0.15) is 0 Å². The number of halogens is 2. The third kappa shape index (κ3) is 8.62. The first-order valence-corrected chi connectivity index (χ1v) is 16.5. The van der Waals surface area contributed by atoms with Gasteiger partial charge in [-0.3, -0.25) is 14.5 Å². The molecule has 0 aliphatic carbocycles. The average molecular weight is 648 g/mol. The maximum atomic E-state index is 12.7. The zero-order chi connectivity index (χ0) is 30.6. The topological polar surface area (TPSA) is 138 Å². The SMILES string of the molecule is CC(=O)N=S1(=O)CCN(c2ncc(Oc3cc(CN4CCC(CC(=O)O)CC4)cc(-c4cc(Cl)cc(Cl)c4)n3)cn2)CC1. The second-order valence-electron chi connectivity index (χ2n) is 10.8.